The molecule has 1 atom stereocenters. The molecule has 0 aliphatic carbocycles. The average Bonchev–Trinajstić information content (AvgIpc) is 2.97. The first kappa shape index (κ1) is 13.9. The third-order valence-electron chi connectivity index (χ3n) is 3.39. The molecule has 0 amide bonds. The first-order valence-electron chi connectivity index (χ1n) is 7.21. The Labute approximate surface area is 115 Å². The molecule has 0 saturated heterocycles. The van der Waals surface area contributed by atoms with Crippen LogP contribution in [-0.2, 0) is 6.42 Å². The fourth-order valence-corrected chi connectivity index (χ4v) is 2.30. The van der Waals surface area contributed by atoms with Gasteiger partial charge < -0.3 is 9.73 Å². The number of nitrogens with one attached hydrogen (secondary N) is 1. The van der Waals surface area contributed by atoms with Gasteiger partial charge in [-0.2, -0.15) is 0 Å². The largest absolute Gasteiger partial charge is 0.469 e. The molecule has 0 bridgehead atoms. The van der Waals surface area contributed by atoms with Crippen LogP contribution in [-0.4, -0.2) is 6.54 Å². The Kier molecular flexibility index (Phi) is 5.70. The van der Waals surface area contributed by atoms with Gasteiger partial charge in [0, 0.05) is 19.0 Å². The maximum Gasteiger partial charge on any atom is 0.105 e. The second kappa shape index (κ2) is 7.80. The molecule has 0 aliphatic rings. The number of hydrogen-bond donors (Lipinski definition) is 1. The van der Waals surface area contributed by atoms with Crippen molar-refractivity contribution in [1.82, 2.24) is 5.32 Å². The lowest BCUT2D eigenvalue weighted by Crippen LogP contribution is -2.23. The summed E-state index contributed by atoms with van der Waals surface area (Å²) < 4.78 is 5.36. The van der Waals surface area contributed by atoms with E-state index < -0.39 is 0 Å². The molecular weight excluding hydrogens is 234 g/mol. The van der Waals surface area contributed by atoms with E-state index in [2.05, 4.69) is 42.6 Å². The fraction of sp³-hybridized carbons (Fsp3) is 0.412. The van der Waals surface area contributed by atoms with Crippen LogP contribution in [0.3, 0.4) is 0 Å². The molecule has 2 rings (SSSR count). The molecule has 102 valence electrons. The Bertz CT molecular complexity index is 436. The Hall–Kier alpha value is -1.54. The zero-order chi connectivity index (χ0) is 13.3. The maximum absolute atomic E-state index is 5.36. The van der Waals surface area contributed by atoms with E-state index in [1.807, 2.05) is 12.1 Å². The van der Waals surface area contributed by atoms with Crippen LogP contribution in [0.2, 0.25) is 0 Å². The molecule has 0 fully saturated rings. The highest BCUT2D eigenvalue weighted by Gasteiger charge is 2.09. The Balaban J connectivity index is 1.87. The summed E-state index contributed by atoms with van der Waals surface area (Å²) >= 11 is 0. The normalized spacial score (nSPS) is 12.5. The molecule has 2 heteroatoms. The standard InChI is InChI=1S/C17H23NO/c1-2-3-11-17(15-8-5-4-6-9-15)18-13-12-16-10-7-14-19-16/h4-10,14,17-18H,2-3,11-13H2,1H3. The van der Waals surface area contributed by atoms with Crippen LogP contribution in [0.4, 0.5) is 0 Å². The van der Waals surface area contributed by atoms with Gasteiger partial charge in [-0.05, 0) is 24.1 Å². The van der Waals surface area contributed by atoms with Crippen LogP contribution in [0.1, 0.15) is 43.6 Å². The highest BCUT2D eigenvalue weighted by molar-refractivity contribution is 5.18. The summed E-state index contributed by atoms with van der Waals surface area (Å²) in [6, 6.07) is 15.2. The van der Waals surface area contributed by atoms with Crippen LogP contribution in [0.25, 0.3) is 0 Å². The minimum atomic E-state index is 0.455. The molecule has 0 radical (unpaired) electrons. The molecule has 1 unspecified atom stereocenters. The molecule has 1 aromatic carbocycles. The Morgan fingerprint density at radius 3 is 2.63 bits per heavy atom. The van der Waals surface area contributed by atoms with Crippen molar-refractivity contribution >= 4 is 0 Å². The van der Waals surface area contributed by atoms with Crippen molar-refractivity contribution in [2.24, 2.45) is 0 Å². The first-order chi connectivity index (χ1) is 9.40. The minimum absolute atomic E-state index is 0.455. The van der Waals surface area contributed by atoms with Gasteiger partial charge in [-0.25, -0.2) is 0 Å². The third-order valence-corrected chi connectivity index (χ3v) is 3.39. The van der Waals surface area contributed by atoms with E-state index in [4.69, 9.17) is 4.42 Å². The lowest BCUT2D eigenvalue weighted by Gasteiger charge is -2.18. The predicted molar refractivity (Wildman–Crippen MR) is 79.1 cm³/mol. The summed E-state index contributed by atoms with van der Waals surface area (Å²) in [7, 11) is 0. The van der Waals surface area contributed by atoms with Crippen molar-refractivity contribution in [2.45, 2.75) is 38.6 Å². The Morgan fingerprint density at radius 1 is 1.11 bits per heavy atom. The molecular formula is C17H23NO. The molecule has 1 aromatic heterocycles. The van der Waals surface area contributed by atoms with E-state index in [9.17, 15) is 0 Å². The Morgan fingerprint density at radius 2 is 1.95 bits per heavy atom. The second-order valence-corrected chi connectivity index (χ2v) is 4.89. The summed E-state index contributed by atoms with van der Waals surface area (Å²) in [6.07, 6.45) is 6.37. The van der Waals surface area contributed by atoms with E-state index in [1.54, 1.807) is 6.26 Å². The van der Waals surface area contributed by atoms with Crippen LogP contribution in [0.15, 0.2) is 53.1 Å². The zero-order valence-corrected chi connectivity index (χ0v) is 11.6. The van der Waals surface area contributed by atoms with Crippen molar-refractivity contribution in [3.8, 4) is 0 Å². The summed E-state index contributed by atoms with van der Waals surface area (Å²) in [5.41, 5.74) is 1.38. The highest BCUT2D eigenvalue weighted by atomic mass is 16.3. The van der Waals surface area contributed by atoms with Crippen molar-refractivity contribution in [1.29, 1.82) is 0 Å². The molecule has 19 heavy (non-hydrogen) atoms. The number of furan rings is 1. The van der Waals surface area contributed by atoms with E-state index in [0.29, 0.717) is 6.04 Å². The molecule has 1 heterocycles. The van der Waals surface area contributed by atoms with Crippen molar-refractivity contribution in [3.05, 3.63) is 60.1 Å². The van der Waals surface area contributed by atoms with E-state index in [1.165, 1.54) is 24.8 Å². The first-order valence-corrected chi connectivity index (χ1v) is 7.21. The van der Waals surface area contributed by atoms with Gasteiger partial charge in [0.25, 0.3) is 0 Å². The summed E-state index contributed by atoms with van der Waals surface area (Å²) in [4.78, 5) is 0. The SMILES string of the molecule is CCCCC(NCCc1ccco1)c1ccccc1. The summed E-state index contributed by atoms with van der Waals surface area (Å²) in [5.74, 6) is 1.05. The number of hydrogen-bond acceptors (Lipinski definition) is 2. The number of rotatable bonds is 8. The molecule has 1 N–H and O–H groups in total. The van der Waals surface area contributed by atoms with Gasteiger partial charge in [0.1, 0.15) is 5.76 Å². The van der Waals surface area contributed by atoms with Crippen LogP contribution >= 0.6 is 0 Å². The second-order valence-electron chi connectivity index (χ2n) is 4.89. The molecule has 0 spiro atoms. The molecule has 2 aromatic rings. The predicted octanol–water partition coefficient (Wildman–Crippen LogP) is 4.34. The average molecular weight is 257 g/mol. The summed E-state index contributed by atoms with van der Waals surface area (Å²) in [5, 5.41) is 3.65. The smallest absolute Gasteiger partial charge is 0.105 e. The maximum atomic E-state index is 5.36. The zero-order valence-electron chi connectivity index (χ0n) is 11.6. The van der Waals surface area contributed by atoms with E-state index in [-0.39, 0.29) is 0 Å². The summed E-state index contributed by atoms with van der Waals surface area (Å²) in [6.45, 7) is 3.20. The number of unbranched alkanes of at least 4 members (excludes halogenated alkanes) is 1. The lowest BCUT2D eigenvalue weighted by molar-refractivity contribution is 0.455. The van der Waals surface area contributed by atoms with Gasteiger partial charge in [0.15, 0.2) is 0 Å². The van der Waals surface area contributed by atoms with Gasteiger partial charge in [-0.1, -0.05) is 50.1 Å². The molecule has 2 nitrogen and oxygen atoms in total. The molecule has 0 saturated carbocycles. The van der Waals surface area contributed by atoms with Gasteiger partial charge in [0.05, 0.1) is 6.26 Å². The van der Waals surface area contributed by atoms with Gasteiger partial charge in [0.2, 0.25) is 0 Å². The minimum Gasteiger partial charge on any atom is -0.469 e. The van der Waals surface area contributed by atoms with Crippen molar-refractivity contribution < 1.29 is 4.42 Å². The highest BCUT2D eigenvalue weighted by Crippen LogP contribution is 2.19. The fourth-order valence-electron chi connectivity index (χ4n) is 2.30. The topological polar surface area (TPSA) is 25.2 Å². The lowest BCUT2D eigenvalue weighted by atomic mass is 10.0. The van der Waals surface area contributed by atoms with Crippen LogP contribution < -0.4 is 5.32 Å². The molecule has 0 aliphatic heterocycles. The quantitative estimate of drug-likeness (QED) is 0.761. The van der Waals surface area contributed by atoms with Crippen LogP contribution in [0, 0.1) is 0 Å². The monoisotopic (exact) mass is 257 g/mol. The number of benzene rings is 1. The van der Waals surface area contributed by atoms with Gasteiger partial charge in [-0.3, -0.25) is 0 Å². The van der Waals surface area contributed by atoms with Crippen LogP contribution in [0.5, 0.6) is 0 Å². The van der Waals surface area contributed by atoms with Crippen molar-refractivity contribution in [2.75, 3.05) is 6.54 Å². The van der Waals surface area contributed by atoms with Gasteiger partial charge in [-0.15, -0.1) is 0 Å². The third kappa shape index (κ3) is 4.56. The van der Waals surface area contributed by atoms with Gasteiger partial charge >= 0.3 is 0 Å². The van der Waals surface area contributed by atoms with Crippen molar-refractivity contribution in [3.63, 3.8) is 0 Å². The van der Waals surface area contributed by atoms with E-state index in [0.717, 1.165) is 18.7 Å². The van der Waals surface area contributed by atoms with E-state index >= 15 is 0 Å².